The smallest absolute Gasteiger partial charge is 0.193 e. The van der Waals surface area contributed by atoms with E-state index in [1.54, 1.807) is 0 Å². The molecular formula is C17H29N5. The highest BCUT2D eigenvalue weighted by Gasteiger charge is 2.43. The Hall–Kier alpha value is -1.52. The molecule has 2 aliphatic rings. The van der Waals surface area contributed by atoms with Gasteiger partial charge in [-0.15, -0.1) is 0 Å². The molecule has 22 heavy (non-hydrogen) atoms. The van der Waals surface area contributed by atoms with E-state index in [0.717, 1.165) is 37.7 Å². The molecule has 2 heterocycles. The Morgan fingerprint density at radius 1 is 1.36 bits per heavy atom. The van der Waals surface area contributed by atoms with Crippen LogP contribution in [0.5, 0.6) is 0 Å². The van der Waals surface area contributed by atoms with Gasteiger partial charge in [-0.1, -0.05) is 6.42 Å². The summed E-state index contributed by atoms with van der Waals surface area (Å²) in [7, 11) is 1.90. The molecule has 1 aromatic rings. The highest BCUT2D eigenvalue weighted by atomic mass is 15.3. The first-order valence-electron chi connectivity index (χ1n) is 8.59. The van der Waals surface area contributed by atoms with Gasteiger partial charge in [0.15, 0.2) is 5.96 Å². The quantitative estimate of drug-likeness (QED) is 0.527. The third kappa shape index (κ3) is 3.13. The third-order valence-electron chi connectivity index (χ3n) is 5.30. The van der Waals surface area contributed by atoms with Gasteiger partial charge in [-0.25, -0.2) is 0 Å². The fourth-order valence-electron chi connectivity index (χ4n) is 3.86. The summed E-state index contributed by atoms with van der Waals surface area (Å²) in [6.07, 6.45) is 6.67. The average molecular weight is 303 g/mol. The molecule has 1 saturated heterocycles. The summed E-state index contributed by atoms with van der Waals surface area (Å²) in [5, 5.41) is 8.04. The highest BCUT2D eigenvalue weighted by Crippen LogP contribution is 2.47. The molecule has 3 rings (SSSR count). The molecule has 0 aromatic carbocycles. The normalized spacial score (nSPS) is 20.5. The summed E-state index contributed by atoms with van der Waals surface area (Å²) < 4.78 is 2.10. The predicted octanol–water partition coefficient (Wildman–Crippen LogP) is 2.34. The van der Waals surface area contributed by atoms with Crippen molar-refractivity contribution in [2.24, 2.45) is 10.4 Å². The molecule has 1 N–H and O–H groups in total. The van der Waals surface area contributed by atoms with Crippen molar-refractivity contribution in [1.29, 1.82) is 0 Å². The van der Waals surface area contributed by atoms with Gasteiger partial charge in [-0.3, -0.25) is 9.67 Å². The van der Waals surface area contributed by atoms with E-state index in [1.807, 2.05) is 14.0 Å². The Morgan fingerprint density at radius 3 is 2.73 bits per heavy atom. The maximum Gasteiger partial charge on any atom is 0.193 e. The zero-order chi connectivity index (χ0) is 15.6. The number of rotatable bonds is 4. The maximum absolute atomic E-state index is 4.51. The van der Waals surface area contributed by atoms with Crippen LogP contribution in [-0.4, -0.2) is 47.3 Å². The Kier molecular flexibility index (Phi) is 4.41. The number of likely N-dealkylation sites (tertiary alicyclic amines) is 1. The molecule has 1 spiro atoms. The van der Waals surface area contributed by atoms with E-state index < -0.39 is 0 Å². The van der Waals surface area contributed by atoms with Gasteiger partial charge in [-0.2, -0.15) is 5.10 Å². The van der Waals surface area contributed by atoms with Gasteiger partial charge in [0.05, 0.1) is 5.69 Å². The standard InChI is InChI=1S/C17H29N5/c1-14-12-15(2)22(20-14)10-5-9-19-16(18-3)21-11-8-17(13-21)6-4-7-17/h12H,4-11,13H2,1-3H3,(H,18,19). The molecule has 2 fully saturated rings. The van der Waals surface area contributed by atoms with Gasteiger partial charge in [0, 0.05) is 38.9 Å². The van der Waals surface area contributed by atoms with Gasteiger partial charge >= 0.3 is 0 Å². The minimum atomic E-state index is 0.626. The summed E-state index contributed by atoms with van der Waals surface area (Å²) in [6, 6.07) is 2.13. The molecule has 1 aromatic heterocycles. The van der Waals surface area contributed by atoms with Crippen molar-refractivity contribution in [2.45, 2.75) is 52.5 Å². The minimum absolute atomic E-state index is 0.626. The molecule has 0 bridgehead atoms. The molecule has 0 atom stereocenters. The van der Waals surface area contributed by atoms with Crippen LogP contribution in [0.2, 0.25) is 0 Å². The Bertz CT molecular complexity index is 541. The fraction of sp³-hybridized carbons (Fsp3) is 0.765. The Morgan fingerprint density at radius 2 is 2.18 bits per heavy atom. The van der Waals surface area contributed by atoms with Crippen LogP contribution >= 0.6 is 0 Å². The lowest BCUT2D eigenvalue weighted by Crippen LogP contribution is -2.43. The summed E-state index contributed by atoms with van der Waals surface area (Å²) in [4.78, 5) is 6.92. The first kappa shape index (κ1) is 15.4. The summed E-state index contributed by atoms with van der Waals surface area (Å²) in [5.74, 6) is 1.08. The molecule has 1 aliphatic heterocycles. The first-order valence-corrected chi connectivity index (χ1v) is 8.59. The van der Waals surface area contributed by atoms with Gasteiger partial charge in [0.2, 0.25) is 0 Å². The lowest BCUT2D eigenvalue weighted by atomic mass is 9.68. The van der Waals surface area contributed by atoms with Gasteiger partial charge in [-0.05, 0) is 51.0 Å². The number of guanidine groups is 1. The summed E-state index contributed by atoms with van der Waals surface area (Å²) >= 11 is 0. The van der Waals surface area contributed by atoms with Crippen molar-refractivity contribution in [3.05, 3.63) is 17.5 Å². The summed E-state index contributed by atoms with van der Waals surface area (Å²) in [5.41, 5.74) is 2.97. The van der Waals surface area contributed by atoms with Crippen LogP contribution < -0.4 is 5.32 Å². The number of nitrogens with one attached hydrogen (secondary N) is 1. The van der Waals surface area contributed by atoms with Crippen LogP contribution in [-0.2, 0) is 6.54 Å². The van der Waals surface area contributed by atoms with Crippen LogP contribution in [0.1, 0.15) is 43.5 Å². The zero-order valence-corrected chi connectivity index (χ0v) is 14.2. The number of hydrogen-bond acceptors (Lipinski definition) is 2. The molecule has 122 valence electrons. The summed E-state index contributed by atoms with van der Waals surface area (Å²) in [6.45, 7) is 8.45. The van der Waals surface area contributed by atoms with Gasteiger partial charge in [0.1, 0.15) is 0 Å². The molecule has 5 heteroatoms. The largest absolute Gasteiger partial charge is 0.356 e. The second-order valence-electron chi connectivity index (χ2n) is 7.00. The van der Waals surface area contributed by atoms with E-state index in [0.29, 0.717) is 5.41 Å². The van der Waals surface area contributed by atoms with Crippen molar-refractivity contribution >= 4 is 5.96 Å². The Labute approximate surface area is 133 Å². The topological polar surface area (TPSA) is 45.5 Å². The van der Waals surface area contributed by atoms with Crippen molar-refractivity contribution in [3.63, 3.8) is 0 Å². The fourth-order valence-corrected chi connectivity index (χ4v) is 3.86. The van der Waals surface area contributed by atoms with E-state index in [4.69, 9.17) is 0 Å². The molecule has 1 saturated carbocycles. The van der Waals surface area contributed by atoms with E-state index in [2.05, 4.69) is 38.0 Å². The molecule has 5 nitrogen and oxygen atoms in total. The minimum Gasteiger partial charge on any atom is -0.356 e. The van der Waals surface area contributed by atoms with E-state index in [1.165, 1.54) is 37.9 Å². The molecule has 0 unspecified atom stereocenters. The van der Waals surface area contributed by atoms with Crippen LogP contribution in [0.15, 0.2) is 11.1 Å². The predicted molar refractivity (Wildman–Crippen MR) is 90.2 cm³/mol. The Balaban J connectivity index is 1.43. The number of nitrogens with zero attached hydrogens (tertiary/aromatic N) is 4. The highest BCUT2D eigenvalue weighted by molar-refractivity contribution is 5.80. The second kappa shape index (κ2) is 6.31. The number of aryl methyl sites for hydroxylation is 3. The van der Waals surface area contributed by atoms with Crippen LogP contribution in [0.3, 0.4) is 0 Å². The SMILES string of the molecule is CN=C(NCCCn1nc(C)cc1C)N1CCC2(CCC2)C1. The van der Waals surface area contributed by atoms with Crippen molar-refractivity contribution in [3.8, 4) is 0 Å². The van der Waals surface area contributed by atoms with E-state index >= 15 is 0 Å². The molecule has 0 radical (unpaired) electrons. The van der Waals surface area contributed by atoms with Gasteiger partial charge < -0.3 is 10.2 Å². The maximum atomic E-state index is 4.51. The lowest BCUT2D eigenvalue weighted by Gasteiger charge is -2.38. The molecule has 0 amide bonds. The zero-order valence-electron chi connectivity index (χ0n) is 14.2. The monoisotopic (exact) mass is 303 g/mol. The van der Waals surface area contributed by atoms with E-state index in [-0.39, 0.29) is 0 Å². The van der Waals surface area contributed by atoms with Crippen LogP contribution in [0.25, 0.3) is 0 Å². The second-order valence-corrected chi connectivity index (χ2v) is 7.00. The van der Waals surface area contributed by atoms with Crippen LogP contribution in [0.4, 0.5) is 0 Å². The van der Waals surface area contributed by atoms with Crippen molar-refractivity contribution < 1.29 is 0 Å². The number of aromatic nitrogens is 2. The van der Waals surface area contributed by atoms with Crippen LogP contribution in [0, 0.1) is 19.3 Å². The molecule has 1 aliphatic carbocycles. The van der Waals surface area contributed by atoms with Crippen molar-refractivity contribution in [2.75, 3.05) is 26.7 Å². The lowest BCUT2D eigenvalue weighted by molar-refractivity contribution is 0.151. The van der Waals surface area contributed by atoms with Gasteiger partial charge in [0.25, 0.3) is 0 Å². The van der Waals surface area contributed by atoms with Crippen molar-refractivity contribution in [1.82, 2.24) is 20.0 Å². The number of aliphatic imine (C=N–C) groups is 1. The van der Waals surface area contributed by atoms with E-state index in [9.17, 15) is 0 Å². The molecular weight excluding hydrogens is 274 g/mol. The average Bonchev–Trinajstić information content (AvgIpc) is 3.03. The first-order chi connectivity index (χ1) is 10.6. The number of hydrogen-bond donors (Lipinski definition) is 1. The third-order valence-corrected chi connectivity index (χ3v) is 5.30.